The van der Waals surface area contributed by atoms with Crippen LogP contribution in [0.5, 0.6) is 0 Å². The molecule has 1 fully saturated rings. The molecule has 13 heteroatoms. The Labute approximate surface area is 183 Å². The zero-order chi connectivity index (χ0) is 22.1. The van der Waals surface area contributed by atoms with Crippen LogP contribution in [-0.4, -0.2) is 59.8 Å². The highest BCUT2D eigenvalue weighted by Crippen LogP contribution is 2.32. The molecule has 1 N–H and O–H groups in total. The SMILES string of the molecule is O=C(COC(=O)[C@@H]1C[C@H](O)CN1S(=O)(=O)c1ccccc1[N+](=O)[O-])c1ccc(Br)s1. The third-order valence-corrected chi connectivity index (χ3v) is 7.93. The lowest BCUT2D eigenvalue weighted by molar-refractivity contribution is -0.387. The van der Waals surface area contributed by atoms with Crippen LogP contribution in [0.2, 0.25) is 0 Å². The van der Waals surface area contributed by atoms with Gasteiger partial charge in [0.2, 0.25) is 5.78 Å². The Kier molecular flexibility index (Phi) is 6.67. The van der Waals surface area contributed by atoms with Crippen LogP contribution in [0.15, 0.2) is 45.1 Å². The fraction of sp³-hybridized carbons (Fsp3) is 0.294. The number of para-hydroxylation sites is 1. The first-order chi connectivity index (χ1) is 14.1. The maximum Gasteiger partial charge on any atom is 0.325 e. The van der Waals surface area contributed by atoms with Crippen LogP contribution in [0.4, 0.5) is 5.69 Å². The number of ketones is 1. The van der Waals surface area contributed by atoms with E-state index in [1.165, 1.54) is 12.1 Å². The molecule has 0 amide bonds. The van der Waals surface area contributed by atoms with Gasteiger partial charge in [-0.05, 0) is 34.1 Å². The van der Waals surface area contributed by atoms with Crippen LogP contribution >= 0.6 is 27.3 Å². The lowest BCUT2D eigenvalue weighted by Crippen LogP contribution is -2.42. The summed E-state index contributed by atoms with van der Waals surface area (Å²) >= 11 is 4.37. The standard InChI is InChI=1S/C17H15BrN2O8S2/c18-16-6-5-14(29-16)13(22)9-28-17(23)12-7-10(21)8-19(12)30(26,27)15-4-2-1-3-11(15)20(24)25/h1-6,10,12,21H,7-9H2/t10-,12-/m0/s1. The molecule has 3 rings (SSSR count). The van der Waals surface area contributed by atoms with Crippen molar-refractivity contribution in [3.63, 3.8) is 0 Å². The van der Waals surface area contributed by atoms with Gasteiger partial charge in [-0.2, -0.15) is 4.31 Å². The monoisotopic (exact) mass is 518 g/mol. The Morgan fingerprint density at radius 2 is 2.00 bits per heavy atom. The summed E-state index contributed by atoms with van der Waals surface area (Å²) in [6, 6.07) is 6.52. The van der Waals surface area contributed by atoms with Gasteiger partial charge in [-0.3, -0.25) is 19.7 Å². The second-order valence-corrected chi connectivity index (χ2v) is 10.7. The Bertz CT molecular complexity index is 1100. The predicted molar refractivity (Wildman–Crippen MR) is 109 cm³/mol. The average Bonchev–Trinajstić information content (AvgIpc) is 3.32. The maximum absolute atomic E-state index is 13.0. The number of nitro groups is 1. The number of thiophene rings is 1. The minimum absolute atomic E-state index is 0.253. The Morgan fingerprint density at radius 3 is 2.63 bits per heavy atom. The Hall–Kier alpha value is -2.19. The number of rotatable bonds is 7. The van der Waals surface area contributed by atoms with Gasteiger partial charge in [0.25, 0.3) is 15.7 Å². The fourth-order valence-corrected chi connectivity index (χ4v) is 6.08. The number of benzene rings is 1. The summed E-state index contributed by atoms with van der Waals surface area (Å²) in [5.74, 6) is -1.48. The fourth-order valence-electron chi connectivity index (χ4n) is 2.98. The number of nitrogens with zero attached hydrogens (tertiary/aromatic N) is 2. The molecule has 1 saturated heterocycles. The molecule has 2 heterocycles. The first kappa shape index (κ1) is 22.5. The number of esters is 1. The summed E-state index contributed by atoms with van der Waals surface area (Å²) in [5.41, 5.74) is -0.649. The lowest BCUT2D eigenvalue weighted by Gasteiger charge is -2.22. The molecule has 10 nitrogen and oxygen atoms in total. The molecule has 1 aromatic heterocycles. The molecule has 2 atom stereocenters. The number of aliphatic hydroxyl groups excluding tert-OH is 1. The van der Waals surface area contributed by atoms with Crippen LogP contribution in [0.25, 0.3) is 0 Å². The number of carbonyl (C=O) groups excluding carboxylic acids is 2. The first-order valence-corrected chi connectivity index (χ1v) is 11.5. The predicted octanol–water partition coefficient (Wildman–Crippen LogP) is 1.97. The molecule has 1 aromatic carbocycles. The molecule has 0 radical (unpaired) electrons. The van der Waals surface area contributed by atoms with Gasteiger partial charge in [-0.25, -0.2) is 8.42 Å². The Morgan fingerprint density at radius 1 is 1.30 bits per heavy atom. The van der Waals surface area contributed by atoms with Crippen LogP contribution in [0, 0.1) is 10.1 Å². The number of β-amino-alcohol motifs (C(OH)–C–C–N with tert-alkyl or cyclic N) is 1. The average molecular weight is 519 g/mol. The molecule has 0 spiro atoms. The number of Topliss-reactive ketones (excluding diaryl/α,β-unsaturated/α-hetero) is 1. The van der Waals surface area contributed by atoms with E-state index in [1.54, 1.807) is 12.1 Å². The highest BCUT2D eigenvalue weighted by molar-refractivity contribution is 9.11. The van der Waals surface area contributed by atoms with E-state index in [1.807, 2.05) is 0 Å². The summed E-state index contributed by atoms with van der Waals surface area (Å²) in [6.07, 6.45) is -1.42. The number of hydrogen-bond donors (Lipinski definition) is 1. The second kappa shape index (κ2) is 8.89. The highest BCUT2D eigenvalue weighted by atomic mass is 79.9. The molecule has 0 unspecified atom stereocenters. The number of hydrogen-bond acceptors (Lipinski definition) is 9. The zero-order valence-corrected chi connectivity index (χ0v) is 18.4. The van der Waals surface area contributed by atoms with Crippen molar-refractivity contribution in [3.05, 3.63) is 55.2 Å². The number of halogens is 1. The molecule has 160 valence electrons. The minimum Gasteiger partial charge on any atom is -0.456 e. The highest BCUT2D eigenvalue weighted by Gasteiger charge is 2.46. The summed E-state index contributed by atoms with van der Waals surface area (Å²) < 4.78 is 32.4. The third-order valence-electron chi connectivity index (χ3n) is 4.35. The molecule has 1 aliphatic heterocycles. The van der Waals surface area contributed by atoms with E-state index < -0.39 is 62.6 Å². The molecular weight excluding hydrogens is 504 g/mol. The summed E-state index contributed by atoms with van der Waals surface area (Å²) in [5, 5.41) is 21.2. The van der Waals surface area contributed by atoms with Gasteiger partial charge in [0.15, 0.2) is 11.5 Å². The molecule has 2 aromatic rings. The summed E-state index contributed by atoms with van der Waals surface area (Å²) in [6.45, 7) is -1.03. The maximum atomic E-state index is 13.0. The number of sulfonamides is 1. The van der Waals surface area contributed by atoms with E-state index >= 15 is 0 Å². The van der Waals surface area contributed by atoms with Gasteiger partial charge in [-0.15, -0.1) is 11.3 Å². The smallest absolute Gasteiger partial charge is 0.325 e. The van der Waals surface area contributed by atoms with E-state index in [0.717, 1.165) is 27.3 Å². The van der Waals surface area contributed by atoms with Crippen molar-refractivity contribution in [3.8, 4) is 0 Å². The van der Waals surface area contributed by atoms with Gasteiger partial charge in [0.1, 0.15) is 6.04 Å². The molecular formula is C17H15BrN2O8S2. The minimum atomic E-state index is -4.49. The van der Waals surface area contributed by atoms with Gasteiger partial charge in [-0.1, -0.05) is 12.1 Å². The van der Waals surface area contributed by atoms with E-state index in [0.29, 0.717) is 9.18 Å². The van der Waals surface area contributed by atoms with Gasteiger partial charge < -0.3 is 9.84 Å². The molecule has 0 aliphatic carbocycles. The first-order valence-electron chi connectivity index (χ1n) is 8.49. The summed E-state index contributed by atoms with van der Waals surface area (Å²) in [7, 11) is -4.49. The van der Waals surface area contributed by atoms with Crippen LogP contribution in [0.3, 0.4) is 0 Å². The topological polar surface area (TPSA) is 144 Å². The van der Waals surface area contributed by atoms with Crippen molar-refractivity contribution in [2.75, 3.05) is 13.2 Å². The zero-order valence-electron chi connectivity index (χ0n) is 15.1. The van der Waals surface area contributed by atoms with Gasteiger partial charge >= 0.3 is 5.97 Å². The van der Waals surface area contributed by atoms with Crippen LogP contribution in [0.1, 0.15) is 16.1 Å². The quantitative estimate of drug-likeness (QED) is 0.253. The van der Waals surface area contributed by atoms with Crippen molar-refractivity contribution < 1.29 is 32.8 Å². The molecule has 0 bridgehead atoms. The van der Waals surface area contributed by atoms with E-state index in [4.69, 9.17) is 4.74 Å². The number of nitro benzene ring substituents is 1. The molecule has 30 heavy (non-hydrogen) atoms. The van der Waals surface area contributed by atoms with Crippen molar-refractivity contribution in [2.45, 2.75) is 23.5 Å². The van der Waals surface area contributed by atoms with E-state index in [-0.39, 0.29) is 6.42 Å². The van der Waals surface area contributed by atoms with E-state index in [9.17, 15) is 33.2 Å². The molecule has 0 saturated carbocycles. The van der Waals surface area contributed by atoms with Crippen molar-refractivity contribution in [1.29, 1.82) is 0 Å². The second-order valence-electron chi connectivity index (χ2n) is 6.34. The number of carbonyl (C=O) groups is 2. The van der Waals surface area contributed by atoms with Crippen LogP contribution < -0.4 is 0 Å². The van der Waals surface area contributed by atoms with Gasteiger partial charge in [0, 0.05) is 19.0 Å². The summed E-state index contributed by atoms with van der Waals surface area (Å²) in [4.78, 5) is 34.8. The largest absolute Gasteiger partial charge is 0.456 e. The number of aliphatic hydroxyl groups is 1. The van der Waals surface area contributed by atoms with Crippen LogP contribution in [-0.2, 0) is 19.6 Å². The molecule has 1 aliphatic rings. The normalized spacial score (nSPS) is 19.5. The lowest BCUT2D eigenvalue weighted by atomic mass is 10.2. The van der Waals surface area contributed by atoms with Gasteiger partial charge in [0.05, 0.1) is 19.7 Å². The number of ether oxygens (including phenoxy) is 1. The van der Waals surface area contributed by atoms with Crippen molar-refractivity contribution in [2.24, 2.45) is 0 Å². The Balaban J connectivity index is 1.80. The van der Waals surface area contributed by atoms with Crippen molar-refractivity contribution in [1.82, 2.24) is 4.31 Å². The van der Waals surface area contributed by atoms with E-state index in [2.05, 4.69) is 15.9 Å². The van der Waals surface area contributed by atoms with Crippen molar-refractivity contribution >= 4 is 54.7 Å². The third kappa shape index (κ3) is 4.59.